The van der Waals surface area contributed by atoms with Crippen LogP contribution < -0.4 is 5.32 Å². The molecule has 1 saturated heterocycles. The van der Waals surface area contributed by atoms with Gasteiger partial charge >= 0.3 is 0 Å². The molecule has 108 valence electrons. The predicted molar refractivity (Wildman–Crippen MR) is 79.1 cm³/mol. The molecule has 1 fully saturated rings. The van der Waals surface area contributed by atoms with Crippen LogP contribution in [0.5, 0.6) is 0 Å². The van der Waals surface area contributed by atoms with Crippen molar-refractivity contribution in [3.8, 4) is 0 Å². The molecule has 0 aliphatic carbocycles. The number of hydrogen-bond donors (Lipinski definition) is 1. The van der Waals surface area contributed by atoms with Crippen molar-refractivity contribution in [2.24, 2.45) is 0 Å². The Morgan fingerprint density at radius 2 is 2.30 bits per heavy atom. The average molecular weight is 273 g/mol. The molecule has 2 unspecified atom stereocenters. The molecule has 3 rings (SSSR count). The van der Waals surface area contributed by atoms with Crippen LogP contribution in [-0.4, -0.2) is 22.6 Å². The highest BCUT2D eigenvalue weighted by Crippen LogP contribution is 2.30. The van der Waals surface area contributed by atoms with E-state index in [-0.39, 0.29) is 6.04 Å². The van der Waals surface area contributed by atoms with Gasteiger partial charge in [0.1, 0.15) is 11.5 Å². The number of nitrogens with zero attached hydrogens (tertiary/aromatic N) is 2. The standard InChI is InChI=1S/C16H23N3O/c1-11-7-15(13(3)20-11)12(2)19-10-18-9-16(19)14-5-4-6-17-8-14/h7,9-10,12,14,17H,4-6,8H2,1-3H3. The first-order chi connectivity index (χ1) is 9.66. The molecule has 20 heavy (non-hydrogen) atoms. The fourth-order valence-corrected chi connectivity index (χ4v) is 3.27. The van der Waals surface area contributed by atoms with E-state index in [2.05, 4.69) is 27.9 Å². The lowest BCUT2D eigenvalue weighted by Crippen LogP contribution is -2.30. The number of rotatable bonds is 3. The lowest BCUT2D eigenvalue weighted by molar-refractivity contribution is 0.433. The van der Waals surface area contributed by atoms with Gasteiger partial charge in [0, 0.05) is 29.9 Å². The summed E-state index contributed by atoms with van der Waals surface area (Å²) in [6, 6.07) is 2.41. The molecular formula is C16H23N3O. The van der Waals surface area contributed by atoms with E-state index >= 15 is 0 Å². The molecule has 1 aliphatic rings. The monoisotopic (exact) mass is 273 g/mol. The Balaban J connectivity index is 1.90. The zero-order chi connectivity index (χ0) is 14.1. The van der Waals surface area contributed by atoms with Crippen LogP contribution in [0.15, 0.2) is 23.0 Å². The first-order valence-corrected chi connectivity index (χ1v) is 7.46. The number of furan rings is 1. The van der Waals surface area contributed by atoms with Crippen LogP contribution in [0.4, 0.5) is 0 Å². The van der Waals surface area contributed by atoms with Crippen LogP contribution in [-0.2, 0) is 0 Å². The smallest absolute Gasteiger partial charge is 0.106 e. The van der Waals surface area contributed by atoms with E-state index in [1.807, 2.05) is 26.4 Å². The number of hydrogen-bond acceptors (Lipinski definition) is 3. The first-order valence-electron chi connectivity index (χ1n) is 7.46. The van der Waals surface area contributed by atoms with Gasteiger partial charge in [-0.05, 0) is 46.2 Å². The van der Waals surface area contributed by atoms with E-state index in [1.54, 1.807) is 0 Å². The molecule has 0 bridgehead atoms. The fourth-order valence-electron chi connectivity index (χ4n) is 3.27. The summed E-state index contributed by atoms with van der Waals surface area (Å²) < 4.78 is 7.97. The van der Waals surface area contributed by atoms with Gasteiger partial charge in [0.25, 0.3) is 0 Å². The summed E-state index contributed by atoms with van der Waals surface area (Å²) in [6.07, 6.45) is 6.47. The SMILES string of the molecule is Cc1cc(C(C)n2cncc2C2CCCNC2)c(C)o1. The minimum absolute atomic E-state index is 0.270. The number of aryl methyl sites for hydroxylation is 2. The summed E-state index contributed by atoms with van der Waals surface area (Å²) in [6.45, 7) is 8.46. The molecule has 1 N–H and O–H groups in total. The van der Waals surface area contributed by atoms with Gasteiger partial charge in [0.05, 0.1) is 12.4 Å². The van der Waals surface area contributed by atoms with Gasteiger partial charge in [-0.1, -0.05) is 0 Å². The van der Waals surface area contributed by atoms with Crippen LogP contribution >= 0.6 is 0 Å². The molecule has 4 nitrogen and oxygen atoms in total. The van der Waals surface area contributed by atoms with E-state index in [0.717, 1.165) is 24.6 Å². The van der Waals surface area contributed by atoms with E-state index in [4.69, 9.17) is 4.42 Å². The quantitative estimate of drug-likeness (QED) is 0.934. The average Bonchev–Trinajstić information content (AvgIpc) is 3.05. The fraction of sp³-hybridized carbons (Fsp3) is 0.562. The maximum Gasteiger partial charge on any atom is 0.106 e. The van der Waals surface area contributed by atoms with Gasteiger partial charge in [-0.25, -0.2) is 4.98 Å². The number of nitrogens with one attached hydrogen (secondary N) is 1. The van der Waals surface area contributed by atoms with Crippen LogP contribution in [0.3, 0.4) is 0 Å². The number of piperidine rings is 1. The highest BCUT2D eigenvalue weighted by molar-refractivity contribution is 5.26. The lowest BCUT2D eigenvalue weighted by Gasteiger charge is -2.26. The third-order valence-corrected chi connectivity index (χ3v) is 4.36. The van der Waals surface area contributed by atoms with Crippen molar-refractivity contribution in [3.05, 3.63) is 41.4 Å². The Morgan fingerprint density at radius 1 is 1.45 bits per heavy atom. The Hall–Kier alpha value is -1.55. The van der Waals surface area contributed by atoms with Gasteiger partial charge in [0.15, 0.2) is 0 Å². The molecule has 0 radical (unpaired) electrons. The highest BCUT2D eigenvalue weighted by Gasteiger charge is 2.22. The molecule has 2 aromatic rings. The summed E-state index contributed by atoms with van der Waals surface area (Å²) in [5, 5.41) is 3.48. The third-order valence-electron chi connectivity index (χ3n) is 4.36. The van der Waals surface area contributed by atoms with Crippen molar-refractivity contribution in [1.29, 1.82) is 0 Å². The van der Waals surface area contributed by atoms with Gasteiger partial charge in [-0.3, -0.25) is 0 Å². The molecule has 0 spiro atoms. The molecule has 0 aromatic carbocycles. The molecule has 2 aromatic heterocycles. The zero-order valence-corrected chi connectivity index (χ0v) is 12.5. The van der Waals surface area contributed by atoms with Crippen molar-refractivity contribution in [1.82, 2.24) is 14.9 Å². The van der Waals surface area contributed by atoms with Gasteiger partial charge < -0.3 is 14.3 Å². The van der Waals surface area contributed by atoms with Crippen molar-refractivity contribution in [2.75, 3.05) is 13.1 Å². The summed E-state index contributed by atoms with van der Waals surface area (Å²) in [5.74, 6) is 2.56. The summed E-state index contributed by atoms with van der Waals surface area (Å²) in [4.78, 5) is 4.38. The minimum atomic E-state index is 0.270. The molecule has 4 heteroatoms. The van der Waals surface area contributed by atoms with Gasteiger partial charge in [-0.15, -0.1) is 0 Å². The van der Waals surface area contributed by atoms with E-state index < -0.39 is 0 Å². The Labute approximate surface area is 120 Å². The largest absolute Gasteiger partial charge is 0.466 e. The molecule has 3 heterocycles. The second-order valence-corrected chi connectivity index (χ2v) is 5.81. The zero-order valence-electron chi connectivity index (χ0n) is 12.5. The maximum absolute atomic E-state index is 5.67. The van der Waals surface area contributed by atoms with Gasteiger partial charge in [0.2, 0.25) is 0 Å². The predicted octanol–water partition coefficient (Wildman–Crippen LogP) is 3.17. The molecule has 2 atom stereocenters. The number of imidazole rings is 1. The Bertz CT molecular complexity index is 578. The van der Waals surface area contributed by atoms with Crippen LogP contribution in [0.1, 0.15) is 54.5 Å². The van der Waals surface area contributed by atoms with Crippen molar-refractivity contribution >= 4 is 0 Å². The maximum atomic E-state index is 5.67. The van der Waals surface area contributed by atoms with Crippen molar-refractivity contribution in [3.63, 3.8) is 0 Å². The highest BCUT2D eigenvalue weighted by atomic mass is 16.3. The first kappa shape index (κ1) is 13.4. The molecule has 1 aliphatic heterocycles. The molecular weight excluding hydrogens is 250 g/mol. The third kappa shape index (κ3) is 2.40. The second kappa shape index (κ2) is 5.44. The van der Waals surface area contributed by atoms with Crippen LogP contribution in [0, 0.1) is 13.8 Å². The van der Waals surface area contributed by atoms with Gasteiger partial charge in [-0.2, -0.15) is 0 Å². The Kier molecular flexibility index (Phi) is 3.66. The normalized spacial score (nSPS) is 21.1. The van der Waals surface area contributed by atoms with Crippen molar-refractivity contribution < 1.29 is 4.42 Å². The molecule has 0 amide bonds. The Morgan fingerprint density at radius 3 is 2.95 bits per heavy atom. The van der Waals surface area contributed by atoms with E-state index in [1.165, 1.54) is 24.1 Å². The van der Waals surface area contributed by atoms with Crippen LogP contribution in [0.25, 0.3) is 0 Å². The summed E-state index contributed by atoms with van der Waals surface area (Å²) in [7, 11) is 0. The minimum Gasteiger partial charge on any atom is -0.466 e. The lowest BCUT2D eigenvalue weighted by atomic mass is 9.96. The second-order valence-electron chi connectivity index (χ2n) is 5.81. The topological polar surface area (TPSA) is 43.0 Å². The van der Waals surface area contributed by atoms with Crippen LogP contribution in [0.2, 0.25) is 0 Å². The molecule has 0 saturated carbocycles. The van der Waals surface area contributed by atoms with E-state index in [9.17, 15) is 0 Å². The summed E-state index contributed by atoms with van der Waals surface area (Å²) >= 11 is 0. The van der Waals surface area contributed by atoms with Crippen molar-refractivity contribution in [2.45, 2.75) is 45.6 Å². The van der Waals surface area contributed by atoms with E-state index in [0.29, 0.717) is 5.92 Å². The number of aromatic nitrogens is 2. The summed E-state index contributed by atoms with van der Waals surface area (Å²) in [5.41, 5.74) is 2.59.